The number of nitrogens with two attached hydrogens (primary N) is 1. The van der Waals surface area contributed by atoms with Crippen LogP contribution in [-0.4, -0.2) is 9.97 Å². The van der Waals surface area contributed by atoms with E-state index in [9.17, 15) is 0 Å². The van der Waals surface area contributed by atoms with Crippen LogP contribution in [0.15, 0.2) is 54.7 Å². The van der Waals surface area contributed by atoms with Crippen LogP contribution in [-0.2, 0) is 0 Å². The zero-order valence-electron chi connectivity index (χ0n) is 10.7. The third-order valence-corrected chi connectivity index (χ3v) is 3.16. The molecule has 2 aromatic heterocycles. The molecule has 0 aliphatic carbocycles. The van der Waals surface area contributed by atoms with Gasteiger partial charge in [0.2, 0.25) is 0 Å². The van der Waals surface area contributed by atoms with Crippen molar-refractivity contribution in [1.82, 2.24) is 9.97 Å². The van der Waals surface area contributed by atoms with Gasteiger partial charge in [-0.05, 0) is 30.7 Å². The molecule has 0 fully saturated rings. The van der Waals surface area contributed by atoms with Crippen molar-refractivity contribution in [2.24, 2.45) is 5.73 Å². The van der Waals surface area contributed by atoms with Gasteiger partial charge in [-0.25, -0.2) is 9.97 Å². The van der Waals surface area contributed by atoms with E-state index in [4.69, 9.17) is 5.73 Å². The molecule has 0 aliphatic heterocycles. The molecule has 0 saturated carbocycles. The van der Waals surface area contributed by atoms with Crippen LogP contribution < -0.4 is 5.73 Å². The van der Waals surface area contributed by atoms with Crippen LogP contribution >= 0.6 is 0 Å². The van der Waals surface area contributed by atoms with Gasteiger partial charge < -0.3 is 5.73 Å². The summed E-state index contributed by atoms with van der Waals surface area (Å²) in [6.45, 7) is 1.98. The normalized spacial score (nSPS) is 12.5. The molecule has 94 valence electrons. The first-order chi connectivity index (χ1) is 9.25. The number of rotatable bonds is 2. The molecule has 0 unspecified atom stereocenters. The Morgan fingerprint density at radius 3 is 2.58 bits per heavy atom. The second kappa shape index (κ2) is 4.78. The lowest BCUT2D eigenvalue weighted by Crippen LogP contribution is -2.08. The van der Waals surface area contributed by atoms with Gasteiger partial charge in [-0.1, -0.05) is 30.3 Å². The molecule has 0 amide bonds. The molecule has 3 aromatic rings. The van der Waals surface area contributed by atoms with Gasteiger partial charge in [0.05, 0.1) is 5.69 Å². The average molecular weight is 249 g/mol. The maximum absolute atomic E-state index is 6.08. The first kappa shape index (κ1) is 11.8. The number of pyridine rings is 2. The summed E-state index contributed by atoms with van der Waals surface area (Å²) in [6, 6.07) is 16.0. The molecule has 0 aliphatic rings. The van der Waals surface area contributed by atoms with Gasteiger partial charge in [-0.15, -0.1) is 0 Å². The van der Waals surface area contributed by atoms with E-state index < -0.39 is 0 Å². The smallest absolute Gasteiger partial charge is 0.159 e. The molecule has 0 bridgehead atoms. The minimum atomic E-state index is -0.0627. The number of nitrogens with zero attached hydrogens (tertiary/aromatic N) is 2. The Kier molecular flexibility index (Phi) is 2.97. The number of hydrogen-bond donors (Lipinski definition) is 1. The van der Waals surface area contributed by atoms with E-state index in [1.54, 1.807) is 6.20 Å². The summed E-state index contributed by atoms with van der Waals surface area (Å²) in [6.07, 6.45) is 1.76. The lowest BCUT2D eigenvalue weighted by atomic mass is 10.00. The lowest BCUT2D eigenvalue weighted by molar-refractivity contribution is 0.817. The zero-order valence-corrected chi connectivity index (χ0v) is 10.7. The number of hydrogen-bond acceptors (Lipinski definition) is 3. The largest absolute Gasteiger partial charge is 0.324 e. The molecule has 3 nitrogen and oxygen atoms in total. The number of aromatic nitrogens is 2. The van der Waals surface area contributed by atoms with Crippen LogP contribution in [0.2, 0.25) is 0 Å². The zero-order chi connectivity index (χ0) is 13.2. The molecule has 0 saturated heterocycles. The third kappa shape index (κ3) is 2.20. The Hall–Kier alpha value is -2.26. The summed E-state index contributed by atoms with van der Waals surface area (Å²) >= 11 is 0. The van der Waals surface area contributed by atoms with Gasteiger partial charge >= 0.3 is 0 Å². The molecule has 0 spiro atoms. The van der Waals surface area contributed by atoms with Crippen molar-refractivity contribution >= 4 is 11.0 Å². The fourth-order valence-electron chi connectivity index (χ4n) is 2.20. The summed E-state index contributed by atoms with van der Waals surface area (Å²) in [5, 5.41) is 1.02. The van der Waals surface area contributed by atoms with Crippen LogP contribution in [0.5, 0.6) is 0 Å². The highest BCUT2D eigenvalue weighted by Gasteiger charge is 2.12. The predicted octanol–water partition coefficient (Wildman–Crippen LogP) is 3.32. The molecule has 2 heterocycles. The second-order valence-corrected chi connectivity index (χ2v) is 4.63. The van der Waals surface area contributed by atoms with E-state index in [1.165, 1.54) is 0 Å². The van der Waals surface area contributed by atoms with Gasteiger partial charge in [-0.2, -0.15) is 0 Å². The molecule has 1 atom stereocenters. The minimum absolute atomic E-state index is 0.0627. The number of fused-ring (bicyclic) bond motifs is 1. The number of benzene rings is 1. The predicted molar refractivity (Wildman–Crippen MR) is 77.6 cm³/mol. The third-order valence-electron chi connectivity index (χ3n) is 3.16. The molecule has 2 N–H and O–H groups in total. The van der Waals surface area contributed by atoms with Crippen LogP contribution in [0.1, 0.15) is 18.5 Å². The first-order valence-corrected chi connectivity index (χ1v) is 6.32. The fraction of sp³-hybridized carbons (Fsp3) is 0.125. The van der Waals surface area contributed by atoms with E-state index in [1.807, 2.05) is 49.4 Å². The van der Waals surface area contributed by atoms with Crippen LogP contribution in [0.25, 0.3) is 22.3 Å². The highest BCUT2D eigenvalue weighted by molar-refractivity contribution is 5.80. The Balaban J connectivity index is 2.30. The molecule has 3 heteroatoms. The fourth-order valence-corrected chi connectivity index (χ4v) is 2.20. The van der Waals surface area contributed by atoms with Gasteiger partial charge in [-0.3, -0.25) is 0 Å². The topological polar surface area (TPSA) is 51.8 Å². The standard InChI is InChI=1S/C16H15N3/c1-11(17)14-10-13-8-5-9-18-16(13)19-15(14)12-6-3-2-4-7-12/h2-11H,17H2,1H3/t11-/m1/s1. The summed E-state index contributed by atoms with van der Waals surface area (Å²) in [4.78, 5) is 8.99. The van der Waals surface area contributed by atoms with Crippen molar-refractivity contribution < 1.29 is 0 Å². The van der Waals surface area contributed by atoms with E-state index in [2.05, 4.69) is 16.0 Å². The van der Waals surface area contributed by atoms with E-state index in [0.717, 1.165) is 27.9 Å². The molecular weight excluding hydrogens is 234 g/mol. The van der Waals surface area contributed by atoms with Gasteiger partial charge in [0.1, 0.15) is 0 Å². The lowest BCUT2D eigenvalue weighted by Gasteiger charge is -2.13. The van der Waals surface area contributed by atoms with Crippen molar-refractivity contribution in [2.75, 3.05) is 0 Å². The van der Waals surface area contributed by atoms with Gasteiger partial charge in [0.25, 0.3) is 0 Å². The summed E-state index contributed by atoms with van der Waals surface area (Å²) in [7, 11) is 0. The van der Waals surface area contributed by atoms with Crippen LogP contribution in [0.3, 0.4) is 0 Å². The Labute approximate surface area is 112 Å². The van der Waals surface area contributed by atoms with Crippen molar-refractivity contribution in [3.8, 4) is 11.3 Å². The maximum Gasteiger partial charge on any atom is 0.159 e. The molecular formula is C16H15N3. The summed E-state index contributed by atoms with van der Waals surface area (Å²) < 4.78 is 0. The quantitative estimate of drug-likeness (QED) is 0.758. The highest BCUT2D eigenvalue weighted by atomic mass is 14.8. The van der Waals surface area contributed by atoms with Gasteiger partial charge in [0, 0.05) is 23.2 Å². The van der Waals surface area contributed by atoms with E-state index in [0.29, 0.717) is 0 Å². The second-order valence-electron chi connectivity index (χ2n) is 4.63. The van der Waals surface area contributed by atoms with E-state index in [-0.39, 0.29) is 6.04 Å². The molecule has 19 heavy (non-hydrogen) atoms. The maximum atomic E-state index is 6.08. The minimum Gasteiger partial charge on any atom is -0.324 e. The first-order valence-electron chi connectivity index (χ1n) is 6.32. The summed E-state index contributed by atoms with van der Waals surface area (Å²) in [5.41, 5.74) is 9.88. The molecule has 3 rings (SSSR count). The monoisotopic (exact) mass is 249 g/mol. The van der Waals surface area contributed by atoms with E-state index >= 15 is 0 Å². The average Bonchev–Trinajstić information content (AvgIpc) is 2.46. The Morgan fingerprint density at radius 1 is 1.05 bits per heavy atom. The van der Waals surface area contributed by atoms with Gasteiger partial charge in [0.15, 0.2) is 5.65 Å². The van der Waals surface area contributed by atoms with Crippen molar-refractivity contribution in [3.05, 3.63) is 60.3 Å². The molecule has 1 aromatic carbocycles. The van der Waals surface area contributed by atoms with Crippen molar-refractivity contribution in [1.29, 1.82) is 0 Å². The highest BCUT2D eigenvalue weighted by Crippen LogP contribution is 2.28. The van der Waals surface area contributed by atoms with Crippen LogP contribution in [0.4, 0.5) is 0 Å². The van der Waals surface area contributed by atoms with Crippen molar-refractivity contribution in [3.63, 3.8) is 0 Å². The Morgan fingerprint density at radius 2 is 1.84 bits per heavy atom. The SMILES string of the molecule is C[C@@H](N)c1cc2cccnc2nc1-c1ccccc1. The molecule has 0 radical (unpaired) electrons. The van der Waals surface area contributed by atoms with Crippen molar-refractivity contribution in [2.45, 2.75) is 13.0 Å². The Bertz CT molecular complexity index is 706. The van der Waals surface area contributed by atoms with Crippen LogP contribution in [0, 0.1) is 0 Å². The summed E-state index contributed by atoms with van der Waals surface area (Å²) in [5.74, 6) is 0.